The molecule has 0 bridgehead atoms. The summed E-state index contributed by atoms with van der Waals surface area (Å²) in [4.78, 5) is 3.51. The molecule has 5 nitrogen and oxygen atoms in total. The van der Waals surface area contributed by atoms with E-state index in [0.29, 0.717) is 19.8 Å². The fourth-order valence-corrected chi connectivity index (χ4v) is 0.479. The van der Waals surface area contributed by atoms with E-state index in [-0.39, 0.29) is 19.8 Å². The predicted molar refractivity (Wildman–Crippen MR) is 35.4 cm³/mol. The van der Waals surface area contributed by atoms with Crippen molar-refractivity contribution in [1.82, 2.24) is 0 Å². The van der Waals surface area contributed by atoms with Gasteiger partial charge in [0.1, 0.15) is 6.61 Å². The predicted octanol–water partition coefficient (Wildman–Crippen LogP) is -0.626. The van der Waals surface area contributed by atoms with Crippen molar-refractivity contribution in [2.45, 2.75) is 0 Å². The molecule has 67 valence electrons. The van der Waals surface area contributed by atoms with Crippen LogP contribution in [0.1, 0.15) is 0 Å². The van der Waals surface area contributed by atoms with Crippen LogP contribution in [-0.2, 0) is 19.6 Å². The first-order valence-corrected chi connectivity index (χ1v) is 3.43. The molecule has 1 N–H and O–H groups in total. The van der Waals surface area contributed by atoms with Gasteiger partial charge in [-0.2, -0.15) is 0 Å². The standard InChI is InChI=1S/C6H13O5/c7-1-2-9-3-4-10-5-6-11-8/h7H,1-6H2. The fraction of sp³-hybridized carbons (Fsp3) is 1.00. The van der Waals surface area contributed by atoms with Crippen LogP contribution in [0.2, 0.25) is 0 Å². The zero-order chi connectivity index (χ0) is 8.36. The van der Waals surface area contributed by atoms with Crippen LogP contribution < -0.4 is 0 Å². The molecule has 0 aliphatic carbocycles. The largest absolute Gasteiger partial charge is 0.394 e. The zero-order valence-electron chi connectivity index (χ0n) is 6.32. The van der Waals surface area contributed by atoms with Gasteiger partial charge in [-0.15, -0.1) is 0 Å². The molecule has 0 aromatic heterocycles. The van der Waals surface area contributed by atoms with Crippen LogP contribution in [0.5, 0.6) is 0 Å². The van der Waals surface area contributed by atoms with E-state index in [2.05, 4.69) is 4.89 Å². The Balaban J connectivity index is 2.69. The lowest BCUT2D eigenvalue weighted by Crippen LogP contribution is -2.09. The first-order chi connectivity index (χ1) is 5.41. The normalized spacial score (nSPS) is 10.4. The minimum atomic E-state index is 0.0175. The molecule has 0 spiro atoms. The van der Waals surface area contributed by atoms with Crippen LogP contribution in [0, 0.1) is 0 Å². The van der Waals surface area contributed by atoms with E-state index in [9.17, 15) is 5.26 Å². The Morgan fingerprint density at radius 2 is 1.45 bits per heavy atom. The first-order valence-electron chi connectivity index (χ1n) is 3.43. The van der Waals surface area contributed by atoms with Crippen molar-refractivity contribution in [3.63, 3.8) is 0 Å². The van der Waals surface area contributed by atoms with Gasteiger partial charge in [0, 0.05) is 0 Å². The third kappa shape index (κ3) is 9.80. The number of aliphatic hydroxyl groups is 1. The van der Waals surface area contributed by atoms with Crippen molar-refractivity contribution >= 4 is 0 Å². The molecule has 11 heavy (non-hydrogen) atoms. The third-order valence-corrected chi connectivity index (χ3v) is 0.919. The van der Waals surface area contributed by atoms with E-state index in [1.807, 2.05) is 0 Å². The van der Waals surface area contributed by atoms with Gasteiger partial charge in [-0.25, -0.2) is 4.89 Å². The summed E-state index contributed by atoms with van der Waals surface area (Å²) in [6.07, 6.45) is 0. The highest BCUT2D eigenvalue weighted by Crippen LogP contribution is 1.78. The second-order valence-corrected chi connectivity index (χ2v) is 1.77. The van der Waals surface area contributed by atoms with Gasteiger partial charge < -0.3 is 14.6 Å². The molecular formula is C6H13O5. The molecular weight excluding hydrogens is 152 g/mol. The van der Waals surface area contributed by atoms with Crippen LogP contribution >= 0.6 is 0 Å². The lowest BCUT2D eigenvalue weighted by molar-refractivity contribution is -0.308. The Labute approximate surface area is 65.4 Å². The van der Waals surface area contributed by atoms with E-state index >= 15 is 0 Å². The molecule has 0 aromatic rings. The van der Waals surface area contributed by atoms with Crippen LogP contribution in [0.3, 0.4) is 0 Å². The van der Waals surface area contributed by atoms with E-state index in [0.717, 1.165) is 0 Å². The molecule has 0 saturated heterocycles. The van der Waals surface area contributed by atoms with Crippen molar-refractivity contribution in [3.8, 4) is 0 Å². The number of rotatable bonds is 8. The lowest BCUT2D eigenvalue weighted by Gasteiger charge is -2.02. The van der Waals surface area contributed by atoms with Crippen LogP contribution in [0.4, 0.5) is 0 Å². The van der Waals surface area contributed by atoms with Gasteiger partial charge >= 0.3 is 0 Å². The average Bonchev–Trinajstić information content (AvgIpc) is 2.03. The Kier molecular flexibility index (Phi) is 9.62. The highest BCUT2D eigenvalue weighted by atomic mass is 17.1. The summed E-state index contributed by atoms with van der Waals surface area (Å²) in [6, 6.07) is 0. The third-order valence-electron chi connectivity index (χ3n) is 0.919. The molecule has 0 saturated carbocycles. The summed E-state index contributed by atoms with van der Waals surface area (Å²) in [5, 5.41) is 17.7. The number of aliphatic hydroxyl groups excluding tert-OH is 1. The number of ether oxygens (including phenoxy) is 2. The molecule has 0 atom stereocenters. The Morgan fingerprint density at radius 1 is 0.909 bits per heavy atom. The van der Waals surface area contributed by atoms with E-state index in [4.69, 9.17) is 14.6 Å². The number of hydrogen-bond acceptors (Lipinski definition) is 4. The zero-order valence-corrected chi connectivity index (χ0v) is 6.32. The summed E-state index contributed by atoms with van der Waals surface area (Å²) in [5.41, 5.74) is 0. The quantitative estimate of drug-likeness (QED) is 0.295. The van der Waals surface area contributed by atoms with Gasteiger partial charge in [0.25, 0.3) is 0 Å². The second kappa shape index (κ2) is 9.80. The van der Waals surface area contributed by atoms with E-state index in [1.54, 1.807) is 0 Å². The minimum absolute atomic E-state index is 0.0175. The maximum absolute atomic E-state index is 9.42. The molecule has 0 aliphatic rings. The molecule has 0 heterocycles. The number of hydrogen-bond donors (Lipinski definition) is 1. The van der Waals surface area contributed by atoms with Gasteiger partial charge in [0.2, 0.25) is 0 Å². The maximum atomic E-state index is 9.42. The molecule has 0 aliphatic heterocycles. The smallest absolute Gasteiger partial charge is 0.109 e. The SMILES string of the molecule is [O]OCCOCCOCCO. The van der Waals surface area contributed by atoms with Crippen molar-refractivity contribution in [3.05, 3.63) is 0 Å². The van der Waals surface area contributed by atoms with Crippen molar-refractivity contribution < 1.29 is 24.7 Å². The second-order valence-electron chi connectivity index (χ2n) is 1.77. The van der Waals surface area contributed by atoms with Crippen LogP contribution in [0.15, 0.2) is 0 Å². The highest BCUT2D eigenvalue weighted by molar-refractivity contribution is 4.30. The van der Waals surface area contributed by atoms with E-state index < -0.39 is 0 Å². The highest BCUT2D eigenvalue weighted by Gasteiger charge is 1.88. The summed E-state index contributed by atoms with van der Waals surface area (Å²) in [6.45, 7) is 1.53. The molecule has 0 unspecified atom stereocenters. The molecule has 0 rings (SSSR count). The van der Waals surface area contributed by atoms with Gasteiger partial charge in [-0.1, -0.05) is 0 Å². The molecule has 5 heteroatoms. The fourth-order valence-electron chi connectivity index (χ4n) is 0.479. The van der Waals surface area contributed by atoms with Crippen LogP contribution in [-0.4, -0.2) is 44.7 Å². The van der Waals surface area contributed by atoms with E-state index in [1.165, 1.54) is 0 Å². The molecule has 0 aromatic carbocycles. The Morgan fingerprint density at radius 3 is 2.00 bits per heavy atom. The van der Waals surface area contributed by atoms with Crippen molar-refractivity contribution in [2.24, 2.45) is 0 Å². The van der Waals surface area contributed by atoms with Gasteiger partial charge in [-0.05, 0) is 5.26 Å². The van der Waals surface area contributed by atoms with Gasteiger partial charge in [-0.3, -0.25) is 0 Å². The first kappa shape index (κ1) is 10.8. The van der Waals surface area contributed by atoms with Crippen molar-refractivity contribution in [2.75, 3.05) is 39.6 Å². The van der Waals surface area contributed by atoms with Gasteiger partial charge in [0.05, 0.1) is 33.0 Å². The summed E-state index contributed by atoms with van der Waals surface area (Å²) < 4.78 is 9.76. The molecule has 1 radical (unpaired) electrons. The molecule has 0 amide bonds. The average molecular weight is 165 g/mol. The Hall–Kier alpha value is -0.200. The monoisotopic (exact) mass is 165 g/mol. The summed E-state index contributed by atoms with van der Waals surface area (Å²) in [7, 11) is 0. The van der Waals surface area contributed by atoms with Crippen LogP contribution in [0.25, 0.3) is 0 Å². The summed E-state index contributed by atoms with van der Waals surface area (Å²) in [5.74, 6) is 0. The maximum Gasteiger partial charge on any atom is 0.109 e. The van der Waals surface area contributed by atoms with Crippen molar-refractivity contribution in [1.29, 1.82) is 0 Å². The summed E-state index contributed by atoms with van der Waals surface area (Å²) >= 11 is 0. The molecule has 0 fully saturated rings. The lowest BCUT2D eigenvalue weighted by atomic mass is 10.7. The van der Waals surface area contributed by atoms with Gasteiger partial charge in [0.15, 0.2) is 0 Å². The Bertz CT molecular complexity index is 60.0. The minimum Gasteiger partial charge on any atom is -0.394 e. The topological polar surface area (TPSA) is 67.8 Å².